The molecule has 7 heteroatoms. The third kappa shape index (κ3) is 13.8. The summed E-state index contributed by atoms with van der Waals surface area (Å²) in [6.45, 7) is 5.43. The highest BCUT2D eigenvalue weighted by Crippen LogP contribution is 2.14. The summed E-state index contributed by atoms with van der Waals surface area (Å²) < 4.78 is 40.2. The van der Waals surface area contributed by atoms with Crippen LogP contribution in [0.1, 0.15) is 26.7 Å². The van der Waals surface area contributed by atoms with Crippen molar-refractivity contribution in [1.29, 1.82) is 0 Å². The normalized spacial score (nSPS) is 12.4. The fraction of sp³-hybridized carbons (Fsp3) is 0.917. The summed E-state index contributed by atoms with van der Waals surface area (Å²) in [6.07, 6.45) is -3.05. The smallest absolute Gasteiger partial charge is 0.393 e. The Hall–Kier alpha value is -0.400. The van der Waals surface area contributed by atoms with Gasteiger partial charge in [0.2, 0.25) is 0 Å². The van der Waals surface area contributed by atoms with Gasteiger partial charge in [0.1, 0.15) is 6.61 Å². The molecular formula is C12H23F3N2OS. The van der Waals surface area contributed by atoms with Crippen LogP contribution < -0.4 is 5.73 Å². The number of ether oxygens (including phenoxy) is 1. The Morgan fingerprint density at radius 2 is 1.95 bits per heavy atom. The topological polar surface area (TPSA) is 38.5 Å². The second-order valence-corrected chi connectivity index (χ2v) is 5.46. The Balaban J connectivity index is 3.82. The Morgan fingerprint density at radius 3 is 2.42 bits per heavy atom. The molecule has 0 saturated heterocycles. The van der Waals surface area contributed by atoms with Crippen LogP contribution in [0.2, 0.25) is 0 Å². The molecular weight excluding hydrogens is 277 g/mol. The molecule has 0 aromatic heterocycles. The highest BCUT2D eigenvalue weighted by Gasteiger charge is 2.27. The molecule has 0 atom stereocenters. The summed E-state index contributed by atoms with van der Waals surface area (Å²) in [7, 11) is 0. The van der Waals surface area contributed by atoms with Gasteiger partial charge >= 0.3 is 6.18 Å². The zero-order valence-electron chi connectivity index (χ0n) is 11.5. The largest absolute Gasteiger partial charge is 0.411 e. The summed E-state index contributed by atoms with van der Waals surface area (Å²) in [5.74, 6) is 0.488. The van der Waals surface area contributed by atoms with E-state index in [0.29, 0.717) is 30.3 Å². The lowest BCUT2D eigenvalue weighted by Gasteiger charge is -2.24. The molecule has 0 aromatic rings. The van der Waals surface area contributed by atoms with Crippen LogP contribution in [0.15, 0.2) is 0 Å². The van der Waals surface area contributed by atoms with Crippen molar-refractivity contribution >= 4 is 17.2 Å². The van der Waals surface area contributed by atoms with Crippen LogP contribution in [-0.2, 0) is 4.74 Å². The average molecular weight is 300 g/mol. The number of nitrogens with two attached hydrogens (primary N) is 1. The molecule has 0 unspecified atom stereocenters. The van der Waals surface area contributed by atoms with Crippen molar-refractivity contribution in [2.24, 2.45) is 11.7 Å². The van der Waals surface area contributed by atoms with E-state index in [2.05, 4.69) is 23.5 Å². The molecule has 0 fully saturated rings. The van der Waals surface area contributed by atoms with Gasteiger partial charge in [-0.2, -0.15) is 13.2 Å². The molecule has 0 aliphatic rings. The van der Waals surface area contributed by atoms with Gasteiger partial charge in [0.15, 0.2) is 0 Å². The maximum atomic E-state index is 11.9. The third-order valence-corrected chi connectivity index (χ3v) is 2.53. The van der Waals surface area contributed by atoms with E-state index in [1.54, 1.807) is 0 Å². The molecule has 0 aliphatic carbocycles. The first-order valence-corrected chi connectivity index (χ1v) is 6.76. The van der Waals surface area contributed by atoms with Gasteiger partial charge in [-0.1, -0.05) is 26.1 Å². The first-order valence-electron chi connectivity index (χ1n) is 6.36. The Morgan fingerprint density at radius 1 is 1.32 bits per heavy atom. The summed E-state index contributed by atoms with van der Waals surface area (Å²) >= 11 is 4.82. The molecule has 0 heterocycles. The van der Waals surface area contributed by atoms with Crippen LogP contribution in [0.25, 0.3) is 0 Å². The Labute approximate surface area is 118 Å². The van der Waals surface area contributed by atoms with Crippen molar-refractivity contribution in [3.63, 3.8) is 0 Å². The molecule has 0 aromatic carbocycles. The summed E-state index contributed by atoms with van der Waals surface area (Å²) in [5.41, 5.74) is 5.45. The maximum absolute atomic E-state index is 11.9. The first kappa shape index (κ1) is 18.6. The van der Waals surface area contributed by atoms with E-state index >= 15 is 0 Å². The quantitative estimate of drug-likeness (QED) is 0.497. The first-order chi connectivity index (χ1) is 8.70. The fourth-order valence-electron chi connectivity index (χ4n) is 1.66. The van der Waals surface area contributed by atoms with Crippen LogP contribution in [0.5, 0.6) is 0 Å². The lowest BCUT2D eigenvalue weighted by molar-refractivity contribution is -0.174. The van der Waals surface area contributed by atoms with Gasteiger partial charge < -0.3 is 15.4 Å². The van der Waals surface area contributed by atoms with Crippen molar-refractivity contribution in [2.75, 3.05) is 32.8 Å². The highest BCUT2D eigenvalue weighted by molar-refractivity contribution is 7.80. The number of thiocarbonyl (C=S) groups is 1. The van der Waals surface area contributed by atoms with Gasteiger partial charge in [-0.15, -0.1) is 0 Å². The Bertz CT molecular complexity index is 260. The van der Waals surface area contributed by atoms with Gasteiger partial charge in [0.25, 0.3) is 0 Å². The zero-order valence-corrected chi connectivity index (χ0v) is 12.3. The van der Waals surface area contributed by atoms with E-state index in [9.17, 15) is 13.2 Å². The number of nitrogens with zero attached hydrogens (tertiary/aromatic N) is 1. The van der Waals surface area contributed by atoms with Crippen molar-refractivity contribution in [1.82, 2.24) is 4.90 Å². The van der Waals surface area contributed by atoms with Crippen LogP contribution in [0, 0.1) is 5.92 Å². The minimum atomic E-state index is -4.25. The molecule has 3 nitrogen and oxygen atoms in total. The van der Waals surface area contributed by atoms with Crippen molar-refractivity contribution in [2.45, 2.75) is 32.9 Å². The molecule has 0 bridgehead atoms. The second-order valence-electron chi connectivity index (χ2n) is 4.93. The second kappa shape index (κ2) is 9.50. The minimum Gasteiger partial charge on any atom is -0.393 e. The SMILES string of the molecule is CC(C)CN(CCCOCC(F)(F)F)CCC(N)=S. The van der Waals surface area contributed by atoms with Crippen molar-refractivity contribution in [3.05, 3.63) is 0 Å². The number of rotatable bonds is 10. The average Bonchev–Trinajstić information content (AvgIpc) is 2.22. The predicted molar refractivity (Wildman–Crippen MR) is 74.2 cm³/mol. The standard InChI is InChI=1S/C12H23F3N2OS/c1-10(2)8-17(6-4-11(16)19)5-3-7-18-9-12(13,14)15/h10H,3-9H2,1-2H3,(H2,16,19). The molecule has 0 aliphatic heterocycles. The van der Waals surface area contributed by atoms with Crippen molar-refractivity contribution in [3.8, 4) is 0 Å². The van der Waals surface area contributed by atoms with Crippen LogP contribution in [0.4, 0.5) is 13.2 Å². The van der Waals surface area contributed by atoms with Gasteiger partial charge in [-0.25, -0.2) is 0 Å². The fourth-order valence-corrected chi connectivity index (χ4v) is 1.75. The van der Waals surface area contributed by atoms with Gasteiger partial charge in [-0.05, 0) is 12.3 Å². The lowest BCUT2D eigenvalue weighted by atomic mass is 10.2. The monoisotopic (exact) mass is 300 g/mol. The van der Waals surface area contributed by atoms with Crippen molar-refractivity contribution < 1.29 is 17.9 Å². The van der Waals surface area contributed by atoms with Gasteiger partial charge in [-0.3, -0.25) is 0 Å². The molecule has 114 valence electrons. The number of halogens is 3. The maximum Gasteiger partial charge on any atom is 0.411 e. The van der Waals surface area contributed by atoms with E-state index in [0.717, 1.165) is 13.1 Å². The van der Waals surface area contributed by atoms with E-state index in [4.69, 9.17) is 18.0 Å². The van der Waals surface area contributed by atoms with E-state index in [1.165, 1.54) is 0 Å². The van der Waals surface area contributed by atoms with E-state index in [-0.39, 0.29) is 6.61 Å². The summed E-state index contributed by atoms with van der Waals surface area (Å²) in [5, 5.41) is 0. The van der Waals surface area contributed by atoms with E-state index in [1.807, 2.05) is 0 Å². The number of alkyl halides is 3. The molecule has 0 spiro atoms. The molecule has 0 amide bonds. The minimum absolute atomic E-state index is 0.112. The Kier molecular flexibility index (Phi) is 9.30. The molecule has 0 radical (unpaired) electrons. The summed E-state index contributed by atoms with van der Waals surface area (Å²) in [4.78, 5) is 2.61. The predicted octanol–water partition coefficient (Wildman–Crippen LogP) is 2.59. The molecule has 0 rings (SSSR count). The third-order valence-electron chi connectivity index (χ3n) is 2.33. The molecule has 2 N–H and O–H groups in total. The van der Waals surface area contributed by atoms with Gasteiger partial charge in [0, 0.05) is 32.7 Å². The number of hydrogen-bond donors (Lipinski definition) is 1. The number of hydrogen-bond acceptors (Lipinski definition) is 3. The lowest BCUT2D eigenvalue weighted by Crippen LogP contribution is -2.32. The van der Waals surface area contributed by atoms with E-state index < -0.39 is 12.8 Å². The van der Waals surface area contributed by atoms with Crippen LogP contribution in [-0.4, -0.2) is 48.9 Å². The molecule has 19 heavy (non-hydrogen) atoms. The molecule has 0 saturated carbocycles. The van der Waals surface area contributed by atoms with Crippen LogP contribution >= 0.6 is 12.2 Å². The highest BCUT2D eigenvalue weighted by atomic mass is 32.1. The summed E-state index contributed by atoms with van der Waals surface area (Å²) in [6, 6.07) is 0. The van der Waals surface area contributed by atoms with Gasteiger partial charge in [0.05, 0.1) is 4.99 Å². The zero-order chi connectivity index (χ0) is 14.9. The van der Waals surface area contributed by atoms with Crippen LogP contribution in [0.3, 0.4) is 0 Å².